The van der Waals surface area contributed by atoms with E-state index in [4.69, 9.17) is 9.47 Å². The average Bonchev–Trinajstić information content (AvgIpc) is 2.37. The van der Waals surface area contributed by atoms with Crippen LogP contribution in [0.4, 0.5) is 0 Å². The van der Waals surface area contributed by atoms with E-state index in [9.17, 15) is 0 Å². The number of hydrogen-bond donors (Lipinski definition) is 0. The Morgan fingerprint density at radius 2 is 2.22 bits per heavy atom. The zero-order chi connectivity index (χ0) is 13.5. The summed E-state index contributed by atoms with van der Waals surface area (Å²) >= 11 is 5.71. The van der Waals surface area contributed by atoms with E-state index in [1.165, 1.54) is 9.13 Å². The van der Waals surface area contributed by atoms with Crippen LogP contribution in [0.5, 0.6) is 0 Å². The highest BCUT2D eigenvalue weighted by Gasteiger charge is 2.17. The Balaban J connectivity index is 2.88. The molecule has 0 fully saturated rings. The summed E-state index contributed by atoms with van der Waals surface area (Å²) in [4.78, 5) is 0. The van der Waals surface area contributed by atoms with Crippen molar-refractivity contribution in [1.29, 1.82) is 0 Å². The lowest BCUT2D eigenvalue weighted by atomic mass is 10.1. The van der Waals surface area contributed by atoms with Gasteiger partial charge < -0.3 is 9.47 Å². The van der Waals surface area contributed by atoms with Crippen LogP contribution in [-0.2, 0) is 9.47 Å². The normalized spacial score (nSPS) is 14.2. The lowest BCUT2D eigenvalue weighted by molar-refractivity contribution is -0.143. The predicted molar refractivity (Wildman–Crippen MR) is 87.1 cm³/mol. The largest absolute Gasteiger partial charge is 0.352 e. The van der Waals surface area contributed by atoms with Crippen molar-refractivity contribution < 1.29 is 9.47 Å². The molecule has 0 aliphatic rings. The molecule has 0 amide bonds. The summed E-state index contributed by atoms with van der Waals surface area (Å²) in [5.74, 6) is 0. The van der Waals surface area contributed by atoms with Crippen LogP contribution in [0.25, 0.3) is 0 Å². The van der Waals surface area contributed by atoms with Gasteiger partial charge in [-0.25, -0.2) is 0 Å². The Morgan fingerprint density at radius 1 is 1.50 bits per heavy atom. The first-order valence-electron chi connectivity index (χ1n) is 5.84. The molecule has 0 bridgehead atoms. The maximum absolute atomic E-state index is 5.92. The second-order valence-corrected chi connectivity index (χ2v) is 5.67. The smallest absolute Gasteiger partial charge is 0.168 e. The summed E-state index contributed by atoms with van der Waals surface area (Å²) in [7, 11) is 0. The van der Waals surface area contributed by atoms with Crippen LogP contribution >= 0.6 is 38.5 Å². The molecule has 0 heterocycles. The highest BCUT2D eigenvalue weighted by Crippen LogP contribution is 2.27. The van der Waals surface area contributed by atoms with E-state index in [0.717, 1.165) is 5.56 Å². The summed E-state index contributed by atoms with van der Waals surface area (Å²) < 4.78 is 12.6. The third kappa shape index (κ3) is 4.64. The van der Waals surface area contributed by atoms with Crippen LogP contribution in [0.2, 0.25) is 0 Å². The van der Waals surface area contributed by atoms with Crippen LogP contribution in [-0.4, -0.2) is 18.2 Å². The second-order valence-electron chi connectivity index (χ2n) is 3.86. The fraction of sp³-hybridized carbons (Fsp3) is 0.429. The minimum atomic E-state index is -0.255. The van der Waals surface area contributed by atoms with Crippen molar-refractivity contribution in [2.75, 3.05) is 11.9 Å². The molecule has 0 aliphatic carbocycles. The molecule has 1 rings (SSSR count). The first-order valence-corrected chi connectivity index (χ1v) is 8.04. The number of hydrogen-bond acceptors (Lipinski definition) is 2. The van der Waals surface area contributed by atoms with E-state index >= 15 is 0 Å². The Bertz CT molecular complexity index is 395. The van der Waals surface area contributed by atoms with Gasteiger partial charge in [-0.2, -0.15) is 0 Å². The molecule has 2 nitrogen and oxygen atoms in total. The molecule has 0 N–H and O–H groups in total. The lowest BCUT2D eigenvalue weighted by Gasteiger charge is -2.22. The van der Waals surface area contributed by atoms with Gasteiger partial charge in [-0.1, -0.05) is 39.7 Å². The molecular weight excluding hydrogens is 407 g/mol. The fourth-order valence-electron chi connectivity index (χ4n) is 1.61. The summed E-state index contributed by atoms with van der Waals surface area (Å²) in [5, 5.41) is 0.646. The Morgan fingerprint density at radius 3 is 2.78 bits per heavy atom. The molecule has 0 spiro atoms. The van der Waals surface area contributed by atoms with Gasteiger partial charge in [-0.05, 0) is 48.1 Å². The summed E-state index contributed by atoms with van der Waals surface area (Å²) in [6.45, 7) is 8.52. The van der Waals surface area contributed by atoms with Crippen LogP contribution in [0.15, 0.2) is 30.9 Å². The molecule has 1 unspecified atom stereocenters. The van der Waals surface area contributed by atoms with Crippen molar-refractivity contribution in [2.24, 2.45) is 0 Å². The third-order valence-corrected chi connectivity index (χ3v) is 3.96. The molecule has 0 saturated carbocycles. The van der Waals surface area contributed by atoms with E-state index < -0.39 is 0 Å². The Hall–Kier alpha value is 0.0900. The first-order chi connectivity index (χ1) is 8.62. The molecular formula is C14H18BrIO2. The molecule has 1 aromatic carbocycles. The second kappa shape index (κ2) is 8.30. The zero-order valence-corrected chi connectivity index (χ0v) is 14.4. The number of benzene rings is 1. The number of aryl methyl sites for hydroxylation is 1. The van der Waals surface area contributed by atoms with Crippen molar-refractivity contribution >= 4 is 38.5 Å². The fourth-order valence-corrected chi connectivity index (χ4v) is 2.59. The Labute approximate surface area is 131 Å². The van der Waals surface area contributed by atoms with Crippen LogP contribution < -0.4 is 0 Å². The number of ether oxygens (including phenoxy) is 2. The van der Waals surface area contributed by atoms with E-state index in [1.54, 1.807) is 0 Å². The predicted octanol–water partition coefficient (Wildman–Crippen LogP) is 4.60. The van der Waals surface area contributed by atoms with E-state index in [2.05, 4.69) is 70.2 Å². The van der Waals surface area contributed by atoms with Crippen LogP contribution in [0.1, 0.15) is 24.2 Å². The maximum Gasteiger partial charge on any atom is 0.168 e. The van der Waals surface area contributed by atoms with E-state index in [1.807, 2.05) is 13.0 Å². The van der Waals surface area contributed by atoms with Gasteiger partial charge in [0.2, 0.25) is 0 Å². The van der Waals surface area contributed by atoms with Gasteiger partial charge in [-0.15, -0.1) is 6.58 Å². The topological polar surface area (TPSA) is 18.5 Å². The molecule has 0 aliphatic heterocycles. The summed E-state index contributed by atoms with van der Waals surface area (Å²) in [6.07, 6.45) is 1.41. The molecule has 1 aromatic rings. The van der Waals surface area contributed by atoms with E-state index in [0.29, 0.717) is 11.9 Å². The monoisotopic (exact) mass is 424 g/mol. The molecule has 100 valence electrons. The number of rotatable bonds is 7. The average molecular weight is 425 g/mol. The molecule has 0 saturated heterocycles. The third-order valence-electron chi connectivity index (χ3n) is 2.45. The van der Waals surface area contributed by atoms with Gasteiger partial charge in [-0.3, -0.25) is 0 Å². The van der Waals surface area contributed by atoms with Crippen molar-refractivity contribution in [3.05, 3.63) is 45.6 Å². The van der Waals surface area contributed by atoms with Crippen molar-refractivity contribution in [2.45, 2.75) is 26.2 Å². The molecule has 0 aromatic heterocycles. The minimum Gasteiger partial charge on any atom is -0.352 e. The highest BCUT2D eigenvalue weighted by molar-refractivity contribution is 14.1. The van der Waals surface area contributed by atoms with Gasteiger partial charge in [0.15, 0.2) is 6.29 Å². The van der Waals surface area contributed by atoms with Crippen LogP contribution in [0, 0.1) is 10.5 Å². The van der Waals surface area contributed by atoms with Crippen molar-refractivity contribution in [1.82, 2.24) is 0 Å². The lowest BCUT2D eigenvalue weighted by Crippen LogP contribution is -2.21. The quantitative estimate of drug-likeness (QED) is 0.275. The minimum absolute atomic E-state index is 0.147. The number of alkyl halides is 1. The van der Waals surface area contributed by atoms with Gasteiger partial charge in [0, 0.05) is 10.2 Å². The standard InChI is InChI=1S/C14H18BrIO2/c1-4-13(18-14(9-15)17-5-2)11-8-10(3)6-7-12(11)16/h4,6-8,13-14H,1,5,9H2,2-3H3/t13-,14?/m0/s1. The van der Waals surface area contributed by atoms with Gasteiger partial charge in [0.1, 0.15) is 6.10 Å². The zero-order valence-electron chi connectivity index (χ0n) is 10.7. The van der Waals surface area contributed by atoms with Gasteiger partial charge in [0.25, 0.3) is 0 Å². The SMILES string of the molecule is C=C[C@H](OC(CBr)OCC)c1cc(C)ccc1I. The van der Waals surface area contributed by atoms with E-state index in [-0.39, 0.29) is 12.4 Å². The number of halogens is 2. The molecule has 18 heavy (non-hydrogen) atoms. The van der Waals surface area contributed by atoms with Gasteiger partial charge in [0.05, 0.1) is 5.33 Å². The molecule has 0 radical (unpaired) electrons. The maximum atomic E-state index is 5.92. The Kier molecular flexibility index (Phi) is 7.44. The molecule has 2 atom stereocenters. The van der Waals surface area contributed by atoms with Crippen molar-refractivity contribution in [3.63, 3.8) is 0 Å². The molecule has 4 heteroatoms. The van der Waals surface area contributed by atoms with Crippen LogP contribution in [0.3, 0.4) is 0 Å². The van der Waals surface area contributed by atoms with Gasteiger partial charge >= 0.3 is 0 Å². The van der Waals surface area contributed by atoms with Crippen molar-refractivity contribution in [3.8, 4) is 0 Å². The summed E-state index contributed by atoms with van der Waals surface area (Å²) in [5.41, 5.74) is 2.35. The first kappa shape index (κ1) is 16.1. The highest BCUT2D eigenvalue weighted by atomic mass is 127. The summed E-state index contributed by atoms with van der Waals surface area (Å²) in [6, 6.07) is 6.32.